The lowest BCUT2D eigenvalue weighted by Gasteiger charge is -2.10. The van der Waals surface area contributed by atoms with Crippen LogP contribution in [0.25, 0.3) is 0 Å². The summed E-state index contributed by atoms with van der Waals surface area (Å²) in [5, 5.41) is 3.11. The molecule has 2 rings (SSSR count). The van der Waals surface area contributed by atoms with E-state index in [1.54, 1.807) is 13.2 Å². The first kappa shape index (κ1) is 13.1. The van der Waals surface area contributed by atoms with Crippen molar-refractivity contribution in [2.45, 2.75) is 13.8 Å². The predicted molar refractivity (Wildman–Crippen MR) is 74.0 cm³/mol. The fourth-order valence-electron chi connectivity index (χ4n) is 1.64. The normalized spacial score (nSPS) is 10.1. The van der Waals surface area contributed by atoms with Crippen LogP contribution in [-0.4, -0.2) is 23.6 Å². The average molecular weight is 259 g/mol. The number of hydrogen-bond acceptors (Lipinski definition) is 5. The summed E-state index contributed by atoms with van der Waals surface area (Å²) in [5.74, 6) is 2.53. The van der Waals surface area contributed by atoms with Crippen LogP contribution in [-0.2, 0) is 0 Å². The number of hydrogen-bond donors (Lipinski definition) is 1. The molecule has 1 aromatic heterocycles. The summed E-state index contributed by atoms with van der Waals surface area (Å²) in [6.45, 7) is 4.80. The van der Waals surface area contributed by atoms with Gasteiger partial charge in [-0.05, 0) is 31.5 Å². The van der Waals surface area contributed by atoms with Crippen molar-refractivity contribution in [1.29, 1.82) is 0 Å². The molecule has 1 aromatic carbocycles. The smallest absolute Gasteiger partial charge is 0.224 e. The van der Waals surface area contributed by atoms with E-state index in [0.717, 1.165) is 17.9 Å². The zero-order valence-corrected chi connectivity index (χ0v) is 11.3. The Morgan fingerprint density at radius 1 is 1.16 bits per heavy atom. The van der Waals surface area contributed by atoms with Crippen molar-refractivity contribution < 1.29 is 9.47 Å². The zero-order chi connectivity index (χ0) is 13.7. The molecule has 0 aliphatic carbocycles. The van der Waals surface area contributed by atoms with Crippen molar-refractivity contribution in [3.8, 4) is 17.4 Å². The predicted octanol–water partition coefficient (Wildman–Crippen LogP) is 3.02. The molecule has 0 aliphatic heterocycles. The van der Waals surface area contributed by atoms with Gasteiger partial charge >= 0.3 is 0 Å². The molecular weight excluding hydrogens is 242 g/mol. The van der Waals surface area contributed by atoms with Gasteiger partial charge in [0.2, 0.25) is 5.88 Å². The van der Waals surface area contributed by atoms with Crippen LogP contribution in [0.4, 0.5) is 5.82 Å². The second-order valence-corrected chi connectivity index (χ2v) is 4.03. The first-order valence-corrected chi connectivity index (χ1v) is 6.11. The van der Waals surface area contributed by atoms with E-state index >= 15 is 0 Å². The maximum atomic E-state index is 5.73. The maximum absolute atomic E-state index is 5.73. The molecule has 0 fully saturated rings. The number of methoxy groups -OCH3 is 1. The number of aryl methyl sites for hydroxylation is 1. The van der Waals surface area contributed by atoms with Gasteiger partial charge in [-0.2, -0.15) is 0 Å². The lowest BCUT2D eigenvalue weighted by Crippen LogP contribution is -2.00. The summed E-state index contributed by atoms with van der Waals surface area (Å²) in [4.78, 5) is 8.18. The van der Waals surface area contributed by atoms with Gasteiger partial charge in [-0.25, -0.2) is 9.97 Å². The largest absolute Gasteiger partial charge is 0.493 e. The number of rotatable bonds is 5. The first-order chi connectivity index (χ1) is 9.22. The summed E-state index contributed by atoms with van der Waals surface area (Å²) in [6.07, 6.45) is 1.47. The van der Waals surface area contributed by atoms with Gasteiger partial charge in [-0.3, -0.25) is 0 Å². The highest BCUT2D eigenvalue weighted by atomic mass is 16.5. The van der Waals surface area contributed by atoms with Crippen molar-refractivity contribution in [2.24, 2.45) is 0 Å². The molecule has 0 aliphatic rings. The Bertz CT molecular complexity index is 558. The fraction of sp³-hybridized carbons (Fsp3) is 0.286. The van der Waals surface area contributed by atoms with Gasteiger partial charge in [0.25, 0.3) is 0 Å². The molecule has 0 saturated carbocycles. The van der Waals surface area contributed by atoms with E-state index in [9.17, 15) is 0 Å². The molecule has 0 unspecified atom stereocenters. The summed E-state index contributed by atoms with van der Waals surface area (Å²) in [7, 11) is 1.62. The topological polar surface area (TPSA) is 56.3 Å². The molecule has 0 spiro atoms. The van der Waals surface area contributed by atoms with Crippen LogP contribution >= 0.6 is 0 Å². The Labute approximate surface area is 112 Å². The third kappa shape index (κ3) is 3.34. The van der Waals surface area contributed by atoms with Gasteiger partial charge in [0.05, 0.1) is 7.11 Å². The van der Waals surface area contributed by atoms with Crippen molar-refractivity contribution in [2.75, 3.05) is 19.0 Å². The number of anilines is 1. The van der Waals surface area contributed by atoms with Crippen LogP contribution in [0, 0.1) is 6.92 Å². The lowest BCUT2D eigenvalue weighted by molar-refractivity contribution is 0.373. The van der Waals surface area contributed by atoms with Gasteiger partial charge in [-0.1, -0.05) is 6.07 Å². The number of aromatic nitrogens is 2. The molecule has 1 heterocycles. The molecule has 1 N–H and O–H groups in total. The van der Waals surface area contributed by atoms with E-state index in [1.807, 2.05) is 32.0 Å². The molecule has 0 radical (unpaired) electrons. The van der Waals surface area contributed by atoms with Crippen LogP contribution in [0.5, 0.6) is 17.4 Å². The fourth-order valence-corrected chi connectivity index (χ4v) is 1.64. The van der Waals surface area contributed by atoms with Gasteiger partial charge in [0.1, 0.15) is 12.1 Å². The summed E-state index contributed by atoms with van der Waals surface area (Å²) in [6, 6.07) is 7.50. The first-order valence-electron chi connectivity index (χ1n) is 6.11. The van der Waals surface area contributed by atoms with E-state index in [-0.39, 0.29) is 0 Å². The van der Waals surface area contributed by atoms with E-state index in [2.05, 4.69) is 15.3 Å². The molecule has 5 heteroatoms. The van der Waals surface area contributed by atoms with Gasteiger partial charge < -0.3 is 14.8 Å². The second-order valence-electron chi connectivity index (χ2n) is 4.03. The SMILES string of the molecule is CCNc1cc(Oc2ccc(C)cc2OC)ncn1. The third-order valence-corrected chi connectivity index (χ3v) is 2.53. The van der Waals surface area contributed by atoms with Crippen molar-refractivity contribution in [3.05, 3.63) is 36.2 Å². The van der Waals surface area contributed by atoms with Gasteiger partial charge in [0.15, 0.2) is 11.5 Å². The molecular formula is C14H17N3O2. The van der Waals surface area contributed by atoms with Crippen LogP contribution < -0.4 is 14.8 Å². The summed E-state index contributed by atoms with van der Waals surface area (Å²) >= 11 is 0. The second kappa shape index (κ2) is 6.04. The van der Waals surface area contributed by atoms with Crippen LogP contribution in [0.15, 0.2) is 30.6 Å². The number of benzene rings is 1. The molecule has 0 saturated heterocycles. The minimum Gasteiger partial charge on any atom is -0.493 e. The van der Waals surface area contributed by atoms with Gasteiger partial charge in [-0.15, -0.1) is 0 Å². The summed E-state index contributed by atoms with van der Waals surface area (Å²) < 4.78 is 11.0. The molecule has 0 bridgehead atoms. The minimum atomic E-state index is 0.480. The highest BCUT2D eigenvalue weighted by Gasteiger charge is 2.07. The number of nitrogens with zero attached hydrogens (tertiary/aromatic N) is 2. The number of nitrogens with one attached hydrogen (secondary N) is 1. The molecule has 0 amide bonds. The highest BCUT2D eigenvalue weighted by Crippen LogP contribution is 2.31. The summed E-state index contributed by atoms with van der Waals surface area (Å²) in [5.41, 5.74) is 1.11. The molecule has 2 aromatic rings. The average Bonchev–Trinajstić information content (AvgIpc) is 2.41. The van der Waals surface area contributed by atoms with Crippen LogP contribution in [0.2, 0.25) is 0 Å². The quantitative estimate of drug-likeness (QED) is 0.894. The molecule has 0 atom stereocenters. The Hall–Kier alpha value is -2.30. The van der Waals surface area contributed by atoms with Crippen molar-refractivity contribution in [1.82, 2.24) is 9.97 Å². The van der Waals surface area contributed by atoms with Crippen LogP contribution in [0.1, 0.15) is 12.5 Å². The van der Waals surface area contributed by atoms with E-state index in [0.29, 0.717) is 17.4 Å². The maximum Gasteiger partial charge on any atom is 0.224 e. The van der Waals surface area contributed by atoms with Crippen LogP contribution in [0.3, 0.4) is 0 Å². The molecule has 5 nitrogen and oxygen atoms in total. The van der Waals surface area contributed by atoms with E-state index in [4.69, 9.17) is 9.47 Å². The Balaban J connectivity index is 2.23. The Morgan fingerprint density at radius 2 is 2.00 bits per heavy atom. The van der Waals surface area contributed by atoms with Crippen molar-refractivity contribution >= 4 is 5.82 Å². The molecule has 100 valence electrons. The van der Waals surface area contributed by atoms with Gasteiger partial charge in [0, 0.05) is 12.6 Å². The minimum absolute atomic E-state index is 0.480. The standard InChI is InChI=1S/C14H17N3O2/c1-4-15-13-8-14(17-9-16-13)19-11-6-5-10(2)7-12(11)18-3/h5-9H,4H2,1-3H3,(H,15,16,17). The van der Waals surface area contributed by atoms with Crippen molar-refractivity contribution in [3.63, 3.8) is 0 Å². The Morgan fingerprint density at radius 3 is 2.74 bits per heavy atom. The monoisotopic (exact) mass is 259 g/mol. The Kier molecular flexibility index (Phi) is 4.18. The zero-order valence-electron chi connectivity index (χ0n) is 11.3. The van der Waals surface area contributed by atoms with E-state index < -0.39 is 0 Å². The lowest BCUT2D eigenvalue weighted by atomic mass is 10.2. The highest BCUT2D eigenvalue weighted by molar-refractivity contribution is 5.45. The number of ether oxygens (including phenoxy) is 2. The molecule has 19 heavy (non-hydrogen) atoms. The van der Waals surface area contributed by atoms with E-state index in [1.165, 1.54) is 6.33 Å². The third-order valence-electron chi connectivity index (χ3n) is 2.53.